The lowest BCUT2D eigenvalue weighted by molar-refractivity contribution is 0.354. The first kappa shape index (κ1) is 20.4. The van der Waals surface area contributed by atoms with Gasteiger partial charge in [-0.3, -0.25) is 13.9 Å². The molecule has 2 aromatic heterocycles. The lowest BCUT2D eigenvalue weighted by Crippen LogP contribution is -2.45. The fraction of sp³-hybridized carbons (Fsp3) is 0.522. The van der Waals surface area contributed by atoms with Crippen LogP contribution in [-0.4, -0.2) is 31.3 Å². The van der Waals surface area contributed by atoms with E-state index >= 15 is 0 Å². The highest BCUT2D eigenvalue weighted by Crippen LogP contribution is 2.33. The lowest BCUT2D eigenvalue weighted by Gasteiger charge is -2.40. The van der Waals surface area contributed by atoms with Crippen LogP contribution in [0.5, 0.6) is 0 Å². The molecule has 0 amide bonds. The minimum absolute atomic E-state index is 0.209. The SMILES string of the molecule is C[C@H]1CN(C2CCCCC2)c2nc3c(c(=O)n(Cc4ccc(Cl)cc4)c(=O)n3C)n2C1. The number of fused-ring (bicyclic) bond motifs is 3. The van der Waals surface area contributed by atoms with E-state index in [1.54, 1.807) is 19.2 Å². The van der Waals surface area contributed by atoms with E-state index in [-0.39, 0.29) is 17.8 Å². The maximum atomic E-state index is 13.5. The summed E-state index contributed by atoms with van der Waals surface area (Å²) in [5.74, 6) is 1.25. The van der Waals surface area contributed by atoms with Crippen LogP contribution in [0.25, 0.3) is 11.2 Å². The summed E-state index contributed by atoms with van der Waals surface area (Å²) < 4.78 is 4.88. The van der Waals surface area contributed by atoms with E-state index in [9.17, 15) is 9.59 Å². The zero-order valence-electron chi connectivity index (χ0n) is 18.1. The molecule has 31 heavy (non-hydrogen) atoms. The Kier molecular flexibility index (Phi) is 5.16. The van der Waals surface area contributed by atoms with Crippen molar-refractivity contribution in [2.75, 3.05) is 11.4 Å². The molecule has 1 aromatic carbocycles. The molecule has 1 atom stereocenters. The highest BCUT2D eigenvalue weighted by Gasteiger charge is 2.33. The molecule has 1 aliphatic heterocycles. The first-order valence-corrected chi connectivity index (χ1v) is 11.5. The number of benzene rings is 1. The van der Waals surface area contributed by atoms with Gasteiger partial charge in [0.05, 0.1) is 6.54 Å². The molecule has 3 aromatic rings. The van der Waals surface area contributed by atoms with Gasteiger partial charge in [0.25, 0.3) is 5.56 Å². The van der Waals surface area contributed by atoms with Crippen molar-refractivity contribution in [3.8, 4) is 0 Å². The van der Waals surface area contributed by atoms with Crippen molar-refractivity contribution in [3.63, 3.8) is 0 Å². The molecule has 0 spiro atoms. The van der Waals surface area contributed by atoms with Crippen LogP contribution >= 0.6 is 11.6 Å². The maximum Gasteiger partial charge on any atom is 0.332 e. The summed E-state index contributed by atoms with van der Waals surface area (Å²) in [6.07, 6.45) is 6.09. The van der Waals surface area contributed by atoms with Crippen LogP contribution in [-0.2, 0) is 20.1 Å². The fourth-order valence-corrected chi connectivity index (χ4v) is 5.28. The Balaban J connectivity index is 1.66. The molecule has 0 bridgehead atoms. The van der Waals surface area contributed by atoms with Gasteiger partial charge in [-0.15, -0.1) is 0 Å². The molecular formula is C23H28ClN5O2. The monoisotopic (exact) mass is 441 g/mol. The number of halogens is 1. The standard InChI is InChI=1S/C23H28ClN5O2/c1-15-12-27(18-6-4-3-5-7-18)22-25-20-19(28(22)13-15)21(30)29(23(31)26(20)2)14-16-8-10-17(24)11-9-16/h8-11,15,18H,3-7,12-14H2,1-2H3/t15-/m0/s1. The van der Waals surface area contributed by atoms with E-state index in [0.717, 1.165) is 37.4 Å². The molecule has 0 unspecified atom stereocenters. The van der Waals surface area contributed by atoms with Crippen molar-refractivity contribution < 1.29 is 0 Å². The van der Waals surface area contributed by atoms with Crippen LogP contribution in [0.2, 0.25) is 5.02 Å². The predicted molar refractivity (Wildman–Crippen MR) is 123 cm³/mol. The molecule has 3 heterocycles. The molecule has 0 radical (unpaired) electrons. The summed E-state index contributed by atoms with van der Waals surface area (Å²) in [6.45, 7) is 4.12. The van der Waals surface area contributed by atoms with Gasteiger partial charge < -0.3 is 9.47 Å². The molecule has 5 rings (SSSR count). The quantitative estimate of drug-likeness (QED) is 0.625. The van der Waals surface area contributed by atoms with E-state index in [1.165, 1.54) is 28.4 Å². The summed E-state index contributed by atoms with van der Waals surface area (Å²) in [5.41, 5.74) is 1.24. The van der Waals surface area contributed by atoms with E-state index < -0.39 is 0 Å². The van der Waals surface area contributed by atoms with Crippen LogP contribution in [0.15, 0.2) is 33.9 Å². The van der Waals surface area contributed by atoms with Gasteiger partial charge in [0.15, 0.2) is 11.2 Å². The Labute approximate surface area is 185 Å². The number of imidazole rings is 1. The molecule has 164 valence electrons. The van der Waals surface area contributed by atoms with Crippen molar-refractivity contribution in [3.05, 3.63) is 55.7 Å². The topological polar surface area (TPSA) is 65.1 Å². The number of aromatic nitrogens is 4. The van der Waals surface area contributed by atoms with Crippen molar-refractivity contribution in [1.82, 2.24) is 18.7 Å². The van der Waals surface area contributed by atoms with Gasteiger partial charge in [-0.05, 0) is 36.5 Å². The molecule has 7 nitrogen and oxygen atoms in total. The molecule has 1 aliphatic carbocycles. The van der Waals surface area contributed by atoms with Crippen molar-refractivity contribution in [2.45, 2.75) is 58.2 Å². The Morgan fingerprint density at radius 3 is 2.48 bits per heavy atom. The number of nitrogens with zero attached hydrogens (tertiary/aromatic N) is 5. The fourth-order valence-electron chi connectivity index (χ4n) is 5.16. The van der Waals surface area contributed by atoms with Gasteiger partial charge in [0.2, 0.25) is 5.95 Å². The number of hydrogen-bond acceptors (Lipinski definition) is 4. The second-order valence-electron chi connectivity index (χ2n) is 9.10. The summed E-state index contributed by atoms with van der Waals surface area (Å²) in [6, 6.07) is 7.69. The second-order valence-corrected chi connectivity index (χ2v) is 9.54. The van der Waals surface area contributed by atoms with Gasteiger partial charge in [0.1, 0.15) is 0 Å². The third-order valence-corrected chi connectivity index (χ3v) is 6.99. The van der Waals surface area contributed by atoms with Crippen LogP contribution < -0.4 is 16.1 Å². The molecule has 0 saturated heterocycles. The van der Waals surface area contributed by atoms with E-state index in [2.05, 4.69) is 16.4 Å². The number of anilines is 1. The van der Waals surface area contributed by atoms with Crippen molar-refractivity contribution >= 4 is 28.7 Å². The zero-order chi connectivity index (χ0) is 21.7. The van der Waals surface area contributed by atoms with Gasteiger partial charge in [0, 0.05) is 31.2 Å². The van der Waals surface area contributed by atoms with Crippen molar-refractivity contribution in [1.29, 1.82) is 0 Å². The molecule has 1 fully saturated rings. The Hall–Kier alpha value is -2.54. The van der Waals surface area contributed by atoms with Gasteiger partial charge in [-0.1, -0.05) is 49.9 Å². The van der Waals surface area contributed by atoms with E-state index in [1.807, 2.05) is 12.1 Å². The second kappa shape index (κ2) is 7.86. The third-order valence-electron chi connectivity index (χ3n) is 6.74. The zero-order valence-corrected chi connectivity index (χ0v) is 18.8. The normalized spacial score (nSPS) is 19.7. The van der Waals surface area contributed by atoms with Crippen molar-refractivity contribution in [2.24, 2.45) is 13.0 Å². The lowest BCUT2D eigenvalue weighted by atomic mass is 9.93. The van der Waals surface area contributed by atoms with Crippen LogP contribution in [0.3, 0.4) is 0 Å². The molecule has 0 N–H and O–H groups in total. The van der Waals surface area contributed by atoms with Gasteiger partial charge in [-0.2, -0.15) is 4.98 Å². The third kappa shape index (κ3) is 3.49. The summed E-state index contributed by atoms with van der Waals surface area (Å²) in [5, 5.41) is 0.626. The first-order valence-electron chi connectivity index (χ1n) is 11.1. The minimum Gasteiger partial charge on any atom is -0.339 e. The van der Waals surface area contributed by atoms with Crippen LogP contribution in [0.1, 0.15) is 44.6 Å². The Bertz CT molecular complexity index is 1230. The van der Waals surface area contributed by atoms with E-state index in [0.29, 0.717) is 28.1 Å². The van der Waals surface area contributed by atoms with Gasteiger partial charge >= 0.3 is 5.69 Å². The summed E-state index contributed by atoms with van der Waals surface area (Å²) in [7, 11) is 1.70. The number of rotatable bonds is 3. The minimum atomic E-state index is -0.347. The largest absolute Gasteiger partial charge is 0.339 e. The van der Waals surface area contributed by atoms with E-state index in [4.69, 9.17) is 16.6 Å². The Morgan fingerprint density at radius 2 is 1.77 bits per heavy atom. The summed E-state index contributed by atoms with van der Waals surface area (Å²) >= 11 is 5.99. The molecule has 1 saturated carbocycles. The summed E-state index contributed by atoms with van der Waals surface area (Å²) in [4.78, 5) is 33.8. The predicted octanol–water partition coefficient (Wildman–Crippen LogP) is 3.39. The molecule has 8 heteroatoms. The highest BCUT2D eigenvalue weighted by atomic mass is 35.5. The molecular weight excluding hydrogens is 414 g/mol. The Morgan fingerprint density at radius 1 is 1.06 bits per heavy atom. The maximum absolute atomic E-state index is 13.5. The highest BCUT2D eigenvalue weighted by molar-refractivity contribution is 6.30. The average molecular weight is 442 g/mol. The smallest absolute Gasteiger partial charge is 0.332 e. The van der Waals surface area contributed by atoms with Gasteiger partial charge in [-0.25, -0.2) is 4.79 Å². The average Bonchev–Trinajstić information content (AvgIpc) is 3.16. The van der Waals surface area contributed by atoms with Crippen LogP contribution in [0.4, 0.5) is 5.95 Å². The number of aryl methyl sites for hydroxylation is 1. The number of hydrogen-bond donors (Lipinski definition) is 0. The van der Waals surface area contributed by atoms with Crippen LogP contribution in [0, 0.1) is 5.92 Å². The molecule has 2 aliphatic rings. The first-order chi connectivity index (χ1) is 14.9.